The van der Waals surface area contributed by atoms with E-state index in [9.17, 15) is 18.0 Å². The van der Waals surface area contributed by atoms with E-state index >= 15 is 0 Å². The normalized spacial score (nSPS) is 16.0. The summed E-state index contributed by atoms with van der Waals surface area (Å²) in [5.41, 5.74) is 1.60. The molecule has 2 rings (SSSR count). The van der Waals surface area contributed by atoms with Crippen LogP contribution in [0.2, 0.25) is 0 Å². The first kappa shape index (κ1) is 22.2. The van der Waals surface area contributed by atoms with Crippen molar-refractivity contribution >= 4 is 27.6 Å². The Balaban J connectivity index is 1.78. The van der Waals surface area contributed by atoms with Gasteiger partial charge in [0.15, 0.2) is 0 Å². The van der Waals surface area contributed by atoms with Crippen LogP contribution in [0.15, 0.2) is 24.3 Å². The zero-order valence-electron chi connectivity index (χ0n) is 16.7. The number of urea groups is 1. The third kappa shape index (κ3) is 6.49. The number of sulfonamides is 1. The van der Waals surface area contributed by atoms with Gasteiger partial charge in [0.1, 0.15) is 0 Å². The fraction of sp³-hybridized carbons (Fsp3) is 0.579. The number of rotatable bonds is 7. The minimum absolute atomic E-state index is 0.0490. The van der Waals surface area contributed by atoms with E-state index in [4.69, 9.17) is 0 Å². The zero-order chi connectivity index (χ0) is 20.7. The molecule has 1 aliphatic heterocycles. The van der Waals surface area contributed by atoms with Gasteiger partial charge in [-0.2, -0.15) is 0 Å². The van der Waals surface area contributed by atoms with E-state index in [-0.39, 0.29) is 29.7 Å². The summed E-state index contributed by atoms with van der Waals surface area (Å²) in [7, 11) is -3.18. The van der Waals surface area contributed by atoms with Gasteiger partial charge in [-0.05, 0) is 51.3 Å². The largest absolute Gasteiger partial charge is 0.352 e. The molecule has 1 aromatic carbocycles. The van der Waals surface area contributed by atoms with Crippen molar-refractivity contribution in [2.24, 2.45) is 5.92 Å². The van der Waals surface area contributed by atoms with Crippen LogP contribution >= 0.6 is 0 Å². The molecule has 3 amide bonds. The fourth-order valence-electron chi connectivity index (χ4n) is 3.05. The minimum atomic E-state index is -3.18. The number of amides is 3. The van der Waals surface area contributed by atoms with Crippen LogP contribution in [0.4, 0.5) is 10.5 Å². The van der Waals surface area contributed by atoms with E-state index in [1.54, 1.807) is 19.1 Å². The van der Waals surface area contributed by atoms with Crippen LogP contribution in [0.3, 0.4) is 0 Å². The van der Waals surface area contributed by atoms with Crippen LogP contribution in [0, 0.1) is 5.92 Å². The average molecular weight is 411 g/mol. The summed E-state index contributed by atoms with van der Waals surface area (Å²) in [5, 5.41) is 8.41. The number of anilines is 1. The highest BCUT2D eigenvalue weighted by molar-refractivity contribution is 7.89. The fourth-order valence-corrected chi connectivity index (χ4v) is 4.18. The molecule has 156 valence electrons. The van der Waals surface area contributed by atoms with Gasteiger partial charge >= 0.3 is 6.03 Å². The lowest BCUT2D eigenvalue weighted by Gasteiger charge is -2.30. The number of benzene rings is 1. The molecule has 1 fully saturated rings. The second kappa shape index (κ2) is 9.88. The van der Waals surface area contributed by atoms with Crippen LogP contribution < -0.4 is 16.0 Å². The van der Waals surface area contributed by atoms with Crippen LogP contribution in [-0.2, 0) is 21.4 Å². The van der Waals surface area contributed by atoms with Crippen molar-refractivity contribution in [2.75, 3.05) is 24.2 Å². The molecule has 9 heteroatoms. The summed E-state index contributed by atoms with van der Waals surface area (Å²) in [6, 6.07) is 7.07. The number of nitrogens with zero attached hydrogens (tertiary/aromatic N) is 1. The highest BCUT2D eigenvalue weighted by Gasteiger charge is 2.29. The summed E-state index contributed by atoms with van der Waals surface area (Å²) in [6.45, 7) is 6.59. The lowest BCUT2D eigenvalue weighted by atomic mass is 9.97. The second-order valence-electron chi connectivity index (χ2n) is 7.24. The summed E-state index contributed by atoms with van der Waals surface area (Å²) < 4.78 is 25.2. The molecule has 1 heterocycles. The zero-order valence-corrected chi connectivity index (χ0v) is 17.5. The number of carbonyl (C=O) groups is 2. The predicted octanol–water partition coefficient (Wildman–Crippen LogP) is 1.89. The van der Waals surface area contributed by atoms with E-state index in [1.807, 2.05) is 26.0 Å². The Morgan fingerprint density at radius 3 is 2.29 bits per heavy atom. The van der Waals surface area contributed by atoms with Gasteiger partial charge < -0.3 is 16.0 Å². The van der Waals surface area contributed by atoms with Crippen LogP contribution in [0.1, 0.15) is 39.2 Å². The van der Waals surface area contributed by atoms with E-state index < -0.39 is 10.0 Å². The Labute approximate surface area is 167 Å². The molecule has 0 spiro atoms. The van der Waals surface area contributed by atoms with Crippen molar-refractivity contribution in [1.29, 1.82) is 0 Å². The molecule has 0 atom stereocenters. The highest BCUT2D eigenvalue weighted by atomic mass is 32.2. The first-order valence-electron chi connectivity index (χ1n) is 9.63. The van der Waals surface area contributed by atoms with Crippen molar-refractivity contribution in [2.45, 2.75) is 46.2 Å². The van der Waals surface area contributed by atoms with Gasteiger partial charge in [-0.25, -0.2) is 17.5 Å². The molecule has 0 aromatic heterocycles. The number of hydrogen-bond donors (Lipinski definition) is 3. The van der Waals surface area contributed by atoms with Crippen LogP contribution in [0.5, 0.6) is 0 Å². The maximum Gasteiger partial charge on any atom is 0.319 e. The number of nitrogens with one attached hydrogen (secondary N) is 3. The molecular formula is C19H30N4O4S. The quantitative estimate of drug-likeness (QED) is 0.638. The van der Waals surface area contributed by atoms with E-state index in [1.165, 1.54) is 4.31 Å². The van der Waals surface area contributed by atoms with Crippen molar-refractivity contribution in [1.82, 2.24) is 14.9 Å². The molecule has 1 aliphatic rings. The van der Waals surface area contributed by atoms with E-state index in [0.717, 1.165) is 5.56 Å². The SMILES string of the molecule is CCS(=O)(=O)N1CCC(C(=O)NCc2ccc(NC(=O)NC(C)C)cc2)CC1. The van der Waals surface area contributed by atoms with Crippen molar-refractivity contribution < 1.29 is 18.0 Å². The van der Waals surface area contributed by atoms with Gasteiger partial charge in [0.25, 0.3) is 0 Å². The number of hydrogen-bond acceptors (Lipinski definition) is 4. The third-order valence-electron chi connectivity index (χ3n) is 4.68. The lowest BCUT2D eigenvalue weighted by Crippen LogP contribution is -2.43. The standard InChI is InChI=1S/C19H30N4O4S/c1-4-28(26,27)23-11-9-16(10-12-23)18(24)20-13-15-5-7-17(8-6-15)22-19(25)21-14(2)3/h5-8,14,16H,4,9-13H2,1-3H3,(H,20,24)(H2,21,22,25). The Morgan fingerprint density at radius 1 is 1.14 bits per heavy atom. The number of carbonyl (C=O) groups excluding carboxylic acids is 2. The highest BCUT2D eigenvalue weighted by Crippen LogP contribution is 2.20. The average Bonchev–Trinajstić information content (AvgIpc) is 2.66. The Kier molecular flexibility index (Phi) is 7.82. The molecular weight excluding hydrogens is 380 g/mol. The molecule has 0 saturated carbocycles. The van der Waals surface area contributed by atoms with Gasteiger partial charge in [0, 0.05) is 37.3 Å². The molecule has 1 saturated heterocycles. The lowest BCUT2D eigenvalue weighted by molar-refractivity contribution is -0.126. The maximum absolute atomic E-state index is 12.4. The van der Waals surface area contributed by atoms with Gasteiger partial charge in [-0.15, -0.1) is 0 Å². The summed E-state index contributed by atoms with van der Waals surface area (Å²) in [6.07, 6.45) is 1.08. The van der Waals surface area contributed by atoms with Gasteiger partial charge in [-0.3, -0.25) is 4.79 Å². The number of piperidine rings is 1. The molecule has 8 nitrogen and oxygen atoms in total. The Morgan fingerprint density at radius 2 is 1.75 bits per heavy atom. The van der Waals surface area contributed by atoms with E-state index in [0.29, 0.717) is 38.2 Å². The minimum Gasteiger partial charge on any atom is -0.352 e. The van der Waals surface area contributed by atoms with Gasteiger partial charge in [0.05, 0.1) is 5.75 Å². The smallest absolute Gasteiger partial charge is 0.319 e. The monoisotopic (exact) mass is 410 g/mol. The molecule has 0 unspecified atom stereocenters. The first-order chi connectivity index (χ1) is 13.2. The van der Waals surface area contributed by atoms with Crippen LogP contribution in [0.25, 0.3) is 0 Å². The van der Waals surface area contributed by atoms with Crippen molar-refractivity contribution in [3.05, 3.63) is 29.8 Å². The molecule has 0 bridgehead atoms. The van der Waals surface area contributed by atoms with Crippen molar-refractivity contribution in [3.8, 4) is 0 Å². The third-order valence-corrected chi connectivity index (χ3v) is 6.56. The second-order valence-corrected chi connectivity index (χ2v) is 9.50. The van der Waals surface area contributed by atoms with Gasteiger partial charge in [0.2, 0.25) is 15.9 Å². The van der Waals surface area contributed by atoms with Crippen LogP contribution in [-0.4, -0.2) is 49.5 Å². The predicted molar refractivity (Wildman–Crippen MR) is 109 cm³/mol. The Hall–Kier alpha value is -2.13. The van der Waals surface area contributed by atoms with E-state index in [2.05, 4.69) is 16.0 Å². The maximum atomic E-state index is 12.4. The molecule has 3 N–H and O–H groups in total. The molecule has 0 radical (unpaired) electrons. The summed E-state index contributed by atoms with van der Waals surface area (Å²) >= 11 is 0. The summed E-state index contributed by atoms with van der Waals surface area (Å²) in [5.74, 6) is -0.121. The van der Waals surface area contributed by atoms with Crippen molar-refractivity contribution in [3.63, 3.8) is 0 Å². The topological polar surface area (TPSA) is 108 Å². The molecule has 1 aromatic rings. The first-order valence-corrected chi connectivity index (χ1v) is 11.2. The summed E-state index contributed by atoms with van der Waals surface area (Å²) in [4.78, 5) is 24.0. The van der Waals surface area contributed by atoms with Gasteiger partial charge in [-0.1, -0.05) is 12.1 Å². The molecule has 28 heavy (non-hydrogen) atoms. The molecule has 0 aliphatic carbocycles. The Bertz CT molecular complexity index is 770.